The average molecular weight is 407 g/mol. The second-order valence-electron chi connectivity index (χ2n) is 5.86. The van der Waals surface area contributed by atoms with Crippen molar-refractivity contribution in [1.29, 1.82) is 0 Å². The highest BCUT2D eigenvalue weighted by atomic mass is 19.4. The van der Waals surface area contributed by atoms with Crippen molar-refractivity contribution in [3.05, 3.63) is 48.4 Å². The summed E-state index contributed by atoms with van der Waals surface area (Å²) in [4.78, 5) is 20.3. The van der Waals surface area contributed by atoms with E-state index in [9.17, 15) is 17.6 Å². The van der Waals surface area contributed by atoms with Gasteiger partial charge >= 0.3 is 12.1 Å². The number of aromatic nitrogens is 3. The number of fused-ring (bicyclic) bond motifs is 3. The van der Waals surface area contributed by atoms with Crippen LogP contribution in [0, 0.1) is 5.82 Å². The zero-order chi connectivity index (χ0) is 21.3. The number of aliphatic carboxylic acids is 1. The predicted octanol–water partition coefficient (Wildman–Crippen LogP) is 3.71. The zero-order valence-electron chi connectivity index (χ0n) is 14.5. The summed E-state index contributed by atoms with van der Waals surface area (Å²) in [5.74, 6) is -2.60. The lowest BCUT2D eigenvalue weighted by molar-refractivity contribution is -0.192. The number of aromatic amines is 1. The average Bonchev–Trinajstić information content (AvgIpc) is 3.09. The van der Waals surface area contributed by atoms with E-state index in [1.165, 1.54) is 12.1 Å². The fourth-order valence-electron chi connectivity index (χ4n) is 2.79. The fraction of sp³-hybridized carbons (Fsp3) is 0.0556. The molecule has 0 spiro atoms. The molecule has 4 aromatic rings. The topological polar surface area (TPSA) is 131 Å². The van der Waals surface area contributed by atoms with E-state index in [4.69, 9.17) is 21.4 Å². The van der Waals surface area contributed by atoms with E-state index in [0.29, 0.717) is 11.3 Å². The Kier molecular flexibility index (Phi) is 4.97. The quantitative estimate of drug-likeness (QED) is 0.356. The Hall–Kier alpha value is -3.89. The number of carbonyl (C=O) groups is 1. The summed E-state index contributed by atoms with van der Waals surface area (Å²) >= 11 is 0. The van der Waals surface area contributed by atoms with Crippen molar-refractivity contribution < 1.29 is 27.5 Å². The highest BCUT2D eigenvalue weighted by Crippen LogP contribution is 2.35. The molecule has 2 aromatic carbocycles. The maximum Gasteiger partial charge on any atom is 0.490 e. The molecule has 0 atom stereocenters. The molecule has 0 amide bonds. The first kappa shape index (κ1) is 19.9. The number of nitrogens with zero attached hydrogens (tertiary/aromatic N) is 2. The van der Waals surface area contributed by atoms with E-state index >= 15 is 0 Å². The van der Waals surface area contributed by atoms with Gasteiger partial charge in [-0.05, 0) is 29.8 Å². The van der Waals surface area contributed by atoms with Crippen molar-refractivity contribution in [3.8, 4) is 11.1 Å². The lowest BCUT2D eigenvalue weighted by Gasteiger charge is -2.09. The molecule has 4 rings (SSSR count). The summed E-state index contributed by atoms with van der Waals surface area (Å²) in [6, 6.07) is 10.2. The van der Waals surface area contributed by atoms with E-state index in [1.54, 1.807) is 6.07 Å². The molecule has 0 radical (unpaired) electrons. The first-order valence-corrected chi connectivity index (χ1v) is 7.96. The molecule has 0 bridgehead atoms. The second-order valence-corrected chi connectivity index (χ2v) is 5.86. The van der Waals surface area contributed by atoms with Gasteiger partial charge in [0.1, 0.15) is 11.6 Å². The van der Waals surface area contributed by atoms with Crippen molar-refractivity contribution >= 4 is 39.5 Å². The van der Waals surface area contributed by atoms with Crippen LogP contribution >= 0.6 is 0 Å². The van der Waals surface area contributed by atoms with Crippen LogP contribution in [0.3, 0.4) is 0 Å². The van der Waals surface area contributed by atoms with Gasteiger partial charge in [0.2, 0.25) is 5.95 Å². The van der Waals surface area contributed by atoms with Crippen molar-refractivity contribution in [2.45, 2.75) is 6.18 Å². The highest BCUT2D eigenvalue weighted by Gasteiger charge is 2.38. The molecule has 0 saturated carbocycles. The number of H-pyrrole nitrogens is 1. The van der Waals surface area contributed by atoms with Crippen molar-refractivity contribution in [1.82, 2.24) is 15.0 Å². The van der Waals surface area contributed by atoms with Gasteiger partial charge in [0.25, 0.3) is 0 Å². The smallest absolute Gasteiger partial charge is 0.475 e. The van der Waals surface area contributed by atoms with Crippen LogP contribution < -0.4 is 11.5 Å². The van der Waals surface area contributed by atoms with Crippen molar-refractivity contribution in [2.24, 2.45) is 0 Å². The first-order valence-electron chi connectivity index (χ1n) is 7.96. The van der Waals surface area contributed by atoms with E-state index in [2.05, 4.69) is 15.0 Å². The minimum Gasteiger partial charge on any atom is -0.475 e. The normalized spacial score (nSPS) is 11.3. The third-order valence-corrected chi connectivity index (χ3v) is 3.93. The van der Waals surface area contributed by atoms with Crippen LogP contribution in [0.5, 0.6) is 0 Å². The molecular formula is C18H13F4N5O2. The Balaban J connectivity index is 0.000000298. The van der Waals surface area contributed by atoms with Crippen LogP contribution in [-0.2, 0) is 4.79 Å². The molecule has 11 heteroatoms. The standard InChI is InChI=1S/C16H12FN5.C2HF3O2/c17-9-3-1-2-8(6-9)11-7-12-13(10-4-5-20-14(10)11)15(18)22-16(19)21-12;3-2(4,5)1(6)7/h1-7,20H,(H4,18,19,21,22);(H,6,7). The van der Waals surface area contributed by atoms with Gasteiger partial charge in [-0.25, -0.2) is 14.2 Å². The van der Waals surface area contributed by atoms with Gasteiger partial charge in [0, 0.05) is 17.1 Å². The monoisotopic (exact) mass is 407 g/mol. The summed E-state index contributed by atoms with van der Waals surface area (Å²) < 4.78 is 45.3. The van der Waals surface area contributed by atoms with Gasteiger partial charge in [-0.1, -0.05) is 12.1 Å². The number of alkyl halides is 3. The summed E-state index contributed by atoms with van der Waals surface area (Å²) in [5, 5.41) is 8.75. The van der Waals surface area contributed by atoms with E-state index in [0.717, 1.165) is 27.4 Å². The predicted molar refractivity (Wildman–Crippen MR) is 99.3 cm³/mol. The minimum atomic E-state index is -5.08. The first-order chi connectivity index (χ1) is 13.6. The van der Waals surface area contributed by atoms with Crippen LogP contribution in [0.15, 0.2) is 42.6 Å². The number of benzene rings is 2. The maximum absolute atomic E-state index is 13.5. The van der Waals surface area contributed by atoms with Gasteiger partial charge in [0.05, 0.1) is 16.4 Å². The number of carboxylic acid groups (broad SMARTS) is 1. The SMILES string of the molecule is Nc1nc(N)c2c(cc(-c3cccc(F)c3)c3[nH]ccc32)n1.O=C(O)C(F)(F)F. The summed E-state index contributed by atoms with van der Waals surface area (Å²) in [5.41, 5.74) is 14.8. The molecule has 0 aliphatic carbocycles. The molecule has 6 N–H and O–H groups in total. The number of hydrogen-bond donors (Lipinski definition) is 4. The van der Waals surface area contributed by atoms with Crippen LogP contribution in [0.2, 0.25) is 0 Å². The molecule has 0 aliphatic rings. The number of hydrogen-bond acceptors (Lipinski definition) is 5. The Bertz CT molecular complexity index is 1220. The fourth-order valence-corrected chi connectivity index (χ4v) is 2.79. The third-order valence-electron chi connectivity index (χ3n) is 3.93. The molecule has 0 aliphatic heterocycles. The molecule has 150 valence electrons. The molecule has 0 saturated heterocycles. The van der Waals surface area contributed by atoms with E-state index < -0.39 is 12.1 Å². The van der Waals surface area contributed by atoms with Gasteiger partial charge in [0.15, 0.2) is 0 Å². The second kappa shape index (κ2) is 7.26. The molecule has 2 aromatic heterocycles. The van der Waals surface area contributed by atoms with Crippen LogP contribution in [0.25, 0.3) is 32.9 Å². The number of rotatable bonds is 1. The van der Waals surface area contributed by atoms with Crippen molar-refractivity contribution in [3.63, 3.8) is 0 Å². The summed E-state index contributed by atoms with van der Waals surface area (Å²) in [7, 11) is 0. The Morgan fingerprint density at radius 1 is 1.10 bits per heavy atom. The molecule has 0 fully saturated rings. The minimum absolute atomic E-state index is 0.116. The highest BCUT2D eigenvalue weighted by molar-refractivity contribution is 6.15. The van der Waals surface area contributed by atoms with Gasteiger partial charge < -0.3 is 21.6 Å². The van der Waals surface area contributed by atoms with Gasteiger partial charge in [-0.2, -0.15) is 18.2 Å². The Morgan fingerprint density at radius 3 is 2.41 bits per heavy atom. The van der Waals surface area contributed by atoms with Crippen LogP contribution in [0.4, 0.5) is 29.3 Å². The largest absolute Gasteiger partial charge is 0.490 e. The zero-order valence-corrected chi connectivity index (χ0v) is 14.5. The summed E-state index contributed by atoms with van der Waals surface area (Å²) in [6.45, 7) is 0. The van der Waals surface area contributed by atoms with Crippen LogP contribution in [-0.4, -0.2) is 32.2 Å². The number of nitrogen functional groups attached to an aromatic ring is 2. The molecule has 0 unspecified atom stereocenters. The number of nitrogens with two attached hydrogens (primary N) is 2. The number of anilines is 2. The lowest BCUT2D eigenvalue weighted by Crippen LogP contribution is -2.21. The van der Waals surface area contributed by atoms with Crippen LogP contribution in [0.1, 0.15) is 0 Å². The van der Waals surface area contributed by atoms with Gasteiger partial charge in [-0.3, -0.25) is 0 Å². The van der Waals surface area contributed by atoms with E-state index in [1.807, 2.05) is 24.4 Å². The number of halogens is 4. The lowest BCUT2D eigenvalue weighted by atomic mass is 10.00. The Morgan fingerprint density at radius 2 is 1.79 bits per heavy atom. The summed E-state index contributed by atoms with van der Waals surface area (Å²) in [6.07, 6.45) is -3.28. The third kappa shape index (κ3) is 4.03. The van der Waals surface area contributed by atoms with Crippen molar-refractivity contribution in [2.75, 3.05) is 11.5 Å². The number of carboxylic acids is 1. The number of nitrogens with one attached hydrogen (secondary N) is 1. The van der Waals surface area contributed by atoms with E-state index in [-0.39, 0.29) is 11.8 Å². The molecule has 7 nitrogen and oxygen atoms in total. The maximum atomic E-state index is 13.5. The molecule has 29 heavy (non-hydrogen) atoms. The molecular weight excluding hydrogens is 394 g/mol. The molecule has 2 heterocycles. The van der Waals surface area contributed by atoms with Gasteiger partial charge in [-0.15, -0.1) is 0 Å². The Labute approximate surface area is 160 Å².